The van der Waals surface area contributed by atoms with Crippen molar-refractivity contribution in [3.05, 3.63) is 34.9 Å². The summed E-state index contributed by atoms with van der Waals surface area (Å²) in [6, 6.07) is 4.53. The molecule has 9 heteroatoms. The number of rotatable bonds is 2. The number of nitrogens with zero attached hydrogens (tertiary/aromatic N) is 2. The summed E-state index contributed by atoms with van der Waals surface area (Å²) >= 11 is 0. The number of halogens is 6. The zero-order chi connectivity index (χ0) is 16.3. The molecule has 21 heavy (non-hydrogen) atoms. The van der Waals surface area contributed by atoms with E-state index in [1.54, 1.807) is 0 Å². The maximum atomic E-state index is 12.7. The number of benzene rings is 1. The van der Waals surface area contributed by atoms with Crippen LogP contribution in [0.4, 0.5) is 26.3 Å². The van der Waals surface area contributed by atoms with Gasteiger partial charge in [-0.3, -0.25) is 0 Å². The van der Waals surface area contributed by atoms with Crippen LogP contribution in [0.5, 0.6) is 5.75 Å². The lowest BCUT2D eigenvalue weighted by atomic mass is 10.1. The molecular weight excluding hydrogens is 302 g/mol. The van der Waals surface area contributed by atoms with Crippen molar-refractivity contribution < 1.29 is 31.1 Å². The summed E-state index contributed by atoms with van der Waals surface area (Å²) < 4.78 is 77.5. The van der Waals surface area contributed by atoms with Gasteiger partial charge in [-0.25, -0.2) is 0 Å². The van der Waals surface area contributed by atoms with E-state index in [9.17, 15) is 26.3 Å². The maximum absolute atomic E-state index is 12.7. The van der Waals surface area contributed by atoms with Crippen LogP contribution >= 0.6 is 0 Å². The molecule has 1 aromatic carbocycles. The lowest BCUT2D eigenvalue weighted by molar-refractivity contribution is -0.276. The number of hydrogen-bond donors (Lipinski definition) is 0. The molecule has 0 heterocycles. The Bertz CT molecular complexity index is 630. The third-order valence-corrected chi connectivity index (χ3v) is 2.09. The first-order valence-corrected chi connectivity index (χ1v) is 5.05. The molecule has 0 saturated carbocycles. The summed E-state index contributed by atoms with van der Waals surface area (Å²) in [5.74, 6) is -1.41. The Labute approximate surface area is 114 Å². The Hall–Kier alpha value is -2.68. The fraction of sp³-hybridized carbons (Fsp3) is 0.167. The monoisotopic (exact) mass is 306 g/mol. The lowest BCUT2D eigenvalue weighted by Gasteiger charge is -2.15. The van der Waals surface area contributed by atoms with Gasteiger partial charge in [0.2, 0.25) is 0 Å². The largest absolute Gasteiger partial charge is 0.573 e. The van der Waals surface area contributed by atoms with Crippen molar-refractivity contribution in [2.45, 2.75) is 12.5 Å². The minimum absolute atomic E-state index is 0.255. The maximum Gasteiger partial charge on any atom is 0.573 e. The van der Waals surface area contributed by atoms with Crippen LogP contribution in [-0.4, -0.2) is 6.36 Å². The average molecular weight is 306 g/mol. The van der Waals surface area contributed by atoms with E-state index in [1.807, 2.05) is 0 Å². The van der Waals surface area contributed by atoms with Crippen molar-refractivity contribution in [2.24, 2.45) is 0 Å². The molecule has 0 spiro atoms. The standard InChI is InChI=1S/C12H4F6N2O/c13-11(14,15)9-4-7(3-8(5-19)6-20)1-2-10(9)21-12(16,17)18/h1-4H. The minimum Gasteiger partial charge on any atom is -0.405 e. The summed E-state index contributed by atoms with van der Waals surface area (Å²) in [5.41, 5.74) is -2.41. The van der Waals surface area contributed by atoms with E-state index in [0.29, 0.717) is 12.1 Å². The predicted molar refractivity (Wildman–Crippen MR) is 57.3 cm³/mol. The number of alkyl halides is 6. The number of ether oxygens (including phenoxy) is 1. The van der Waals surface area contributed by atoms with Gasteiger partial charge in [0.1, 0.15) is 23.5 Å². The first kappa shape index (κ1) is 16.4. The second-order valence-electron chi connectivity index (χ2n) is 3.58. The zero-order valence-corrected chi connectivity index (χ0v) is 9.88. The molecule has 0 atom stereocenters. The summed E-state index contributed by atoms with van der Waals surface area (Å²) in [6.45, 7) is 0. The molecule has 110 valence electrons. The molecule has 0 fully saturated rings. The van der Waals surface area contributed by atoms with Crippen LogP contribution in [-0.2, 0) is 6.18 Å². The molecule has 0 saturated heterocycles. The molecule has 0 aliphatic rings. The van der Waals surface area contributed by atoms with Gasteiger partial charge in [-0.15, -0.1) is 13.2 Å². The van der Waals surface area contributed by atoms with E-state index in [-0.39, 0.29) is 5.56 Å². The fourth-order valence-corrected chi connectivity index (χ4v) is 1.33. The summed E-state index contributed by atoms with van der Waals surface area (Å²) in [4.78, 5) is 0. The van der Waals surface area contributed by atoms with Gasteiger partial charge in [0.05, 0.1) is 5.56 Å². The Kier molecular flexibility index (Phi) is 4.48. The van der Waals surface area contributed by atoms with Gasteiger partial charge >= 0.3 is 12.5 Å². The molecule has 1 aromatic rings. The number of hydrogen-bond acceptors (Lipinski definition) is 3. The molecule has 0 aliphatic heterocycles. The van der Waals surface area contributed by atoms with Crippen LogP contribution < -0.4 is 4.74 Å². The van der Waals surface area contributed by atoms with Gasteiger partial charge in [-0.05, 0) is 23.8 Å². The highest BCUT2D eigenvalue weighted by Crippen LogP contribution is 2.39. The van der Waals surface area contributed by atoms with Crippen molar-refractivity contribution in [1.29, 1.82) is 10.5 Å². The minimum atomic E-state index is -5.28. The highest BCUT2D eigenvalue weighted by molar-refractivity contribution is 5.63. The van der Waals surface area contributed by atoms with E-state index in [4.69, 9.17) is 10.5 Å². The Morgan fingerprint density at radius 1 is 1.05 bits per heavy atom. The molecule has 0 radical (unpaired) electrons. The third-order valence-electron chi connectivity index (χ3n) is 2.09. The van der Waals surface area contributed by atoms with Gasteiger partial charge < -0.3 is 4.74 Å². The molecule has 0 aromatic heterocycles. The van der Waals surface area contributed by atoms with Crippen LogP contribution in [0.15, 0.2) is 23.8 Å². The van der Waals surface area contributed by atoms with Crippen molar-refractivity contribution in [2.75, 3.05) is 0 Å². The number of allylic oxidation sites excluding steroid dienone is 1. The van der Waals surface area contributed by atoms with E-state index in [2.05, 4.69) is 4.74 Å². The SMILES string of the molecule is N#CC(C#N)=Cc1ccc(OC(F)(F)F)c(C(F)(F)F)c1. The summed E-state index contributed by atoms with van der Waals surface area (Å²) in [7, 11) is 0. The molecule has 0 amide bonds. The van der Waals surface area contributed by atoms with Gasteiger partial charge in [-0.1, -0.05) is 6.07 Å². The molecule has 0 unspecified atom stereocenters. The normalized spacial score (nSPS) is 11.2. The van der Waals surface area contributed by atoms with E-state index < -0.39 is 29.4 Å². The highest BCUT2D eigenvalue weighted by atomic mass is 19.4. The van der Waals surface area contributed by atoms with Crippen LogP contribution in [0.25, 0.3) is 6.08 Å². The highest BCUT2D eigenvalue weighted by Gasteiger charge is 2.39. The molecule has 1 rings (SSSR count). The summed E-state index contributed by atoms with van der Waals surface area (Å²) in [5, 5.41) is 17.0. The third kappa shape index (κ3) is 4.73. The average Bonchev–Trinajstić information content (AvgIpc) is 2.34. The van der Waals surface area contributed by atoms with Crippen molar-refractivity contribution in [3.8, 4) is 17.9 Å². The lowest BCUT2D eigenvalue weighted by Crippen LogP contribution is -2.20. The Morgan fingerprint density at radius 3 is 2.05 bits per heavy atom. The van der Waals surface area contributed by atoms with Crippen molar-refractivity contribution >= 4 is 6.08 Å². The van der Waals surface area contributed by atoms with Crippen LogP contribution in [0.3, 0.4) is 0 Å². The number of nitriles is 2. The van der Waals surface area contributed by atoms with Gasteiger partial charge in [0.15, 0.2) is 0 Å². The predicted octanol–water partition coefficient (Wildman–Crippen LogP) is 4.03. The van der Waals surface area contributed by atoms with Crippen LogP contribution in [0.2, 0.25) is 0 Å². The van der Waals surface area contributed by atoms with Crippen molar-refractivity contribution in [1.82, 2.24) is 0 Å². The Balaban J connectivity index is 3.37. The molecular formula is C12H4F6N2O. The van der Waals surface area contributed by atoms with Crippen molar-refractivity contribution in [3.63, 3.8) is 0 Å². The second kappa shape index (κ2) is 5.75. The van der Waals surface area contributed by atoms with E-state index in [1.165, 1.54) is 12.1 Å². The van der Waals surface area contributed by atoms with E-state index >= 15 is 0 Å². The van der Waals surface area contributed by atoms with Crippen LogP contribution in [0.1, 0.15) is 11.1 Å². The summed E-state index contributed by atoms with van der Waals surface area (Å²) in [6.07, 6.45) is -9.56. The van der Waals surface area contributed by atoms with Gasteiger partial charge in [0.25, 0.3) is 0 Å². The first-order valence-electron chi connectivity index (χ1n) is 5.05. The van der Waals surface area contributed by atoms with Gasteiger partial charge in [0, 0.05) is 0 Å². The second-order valence-corrected chi connectivity index (χ2v) is 3.58. The molecule has 3 nitrogen and oxygen atoms in total. The quantitative estimate of drug-likeness (QED) is 0.612. The smallest absolute Gasteiger partial charge is 0.405 e. The zero-order valence-electron chi connectivity index (χ0n) is 9.88. The van der Waals surface area contributed by atoms with Crippen LogP contribution in [0, 0.1) is 22.7 Å². The fourth-order valence-electron chi connectivity index (χ4n) is 1.33. The van der Waals surface area contributed by atoms with Gasteiger partial charge in [-0.2, -0.15) is 23.7 Å². The molecule has 0 aliphatic carbocycles. The van der Waals surface area contributed by atoms with E-state index in [0.717, 1.165) is 12.1 Å². The topological polar surface area (TPSA) is 56.8 Å². The Morgan fingerprint density at radius 2 is 1.62 bits per heavy atom. The molecule has 0 N–H and O–H groups in total. The first-order chi connectivity index (χ1) is 9.56. The molecule has 0 bridgehead atoms.